The average Bonchev–Trinajstić information content (AvgIpc) is 2.47. The van der Waals surface area contributed by atoms with E-state index >= 15 is 0 Å². The fourth-order valence-corrected chi connectivity index (χ4v) is 1.68. The normalized spacial score (nSPS) is 10.1. The fraction of sp³-hybridized carbons (Fsp3) is 0.0833. The Kier molecular flexibility index (Phi) is 3.90. The van der Waals surface area contributed by atoms with Gasteiger partial charge < -0.3 is 15.6 Å². The van der Waals surface area contributed by atoms with E-state index in [0.29, 0.717) is 0 Å². The number of carbonyl (C=O) groups is 1. The number of esters is 1. The molecule has 108 valence electrons. The van der Waals surface area contributed by atoms with Gasteiger partial charge in [-0.3, -0.25) is 0 Å². The first-order valence-electron chi connectivity index (χ1n) is 5.29. The van der Waals surface area contributed by atoms with Crippen LogP contribution in [0.4, 0.5) is 14.6 Å². The van der Waals surface area contributed by atoms with Gasteiger partial charge in [-0.1, -0.05) is 12.1 Å². The topological polar surface area (TPSA) is 98.3 Å². The molecule has 21 heavy (non-hydrogen) atoms. The third-order valence-electron chi connectivity index (χ3n) is 2.42. The lowest BCUT2D eigenvalue weighted by Crippen LogP contribution is -2.09. The summed E-state index contributed by atoms with van der Waals surface area (Å²) in [5.74, 6) is -5.18. The van der Waals surface area contributed by atoms with Gasteiger partial charge in [-0.2, -0.15) is 0 Å². The third kappa shape index (κ3) is 2.57. The minimum atomic E-state index is -1.30. The molecule has 1 aromatic heterocycles. The summed E-state index contributed by atoms with van der Waals surface area (Å²) in [5.41, 5.74) is 4.34. The molecule has 0 aliphatic carbocycles. The largest absolute Gasteiger partial charge is 0.503 e. The first kappa shape index (κ1) is 14.9. The van der Waals surface area contributed by atoms with Crippen LogP contribution >= 0.6 is 15.9 Å². The second-order valence-corrected chi connectivity index (χ2v) is 4.48. The molecule has 0 atom stereocenters. The summed E-state index contributed by atoms with van der Waals surface area (Å²) in [6.07, 6.45) is 0. The predicted molar refractivity (Wildman–Crippen MR) is 70.2 cm³/mol. The number of hydrogen-bond acceptors (Lipinski definition) is 6. The molecule has 0 aliphatic rings. The Bertz CT molecular complexity index is 740. The molecular formula is C12H6BrF2N3O3. The van der Waals surface area contributed by atoms with E-state index in [1.165, 1.54) is 0 Å². The summed E-state index contributed by atoms with van der Waals surface area (Å²) < 4.78 is 31.5. The summed E-state index contributed by atoms with van der Waals surface area (Å²) in [6, 6.07) is 4.57. The van der Waals surface area contributed by atoms with Crippen molar-refractivity contribution in [1.82, 2.24) is 9.97 Å². The molecule has 0 radical (unpaired) electrons. The van der Waals surface area contributed by atoms with Crippen LogP contribution in [0.1, 0.15) is 10.5 Å². The lowest BCUT2D eigenvalue weighted by molar-refractivity contribution is 0.0590. The standard InChI is InChI=1S/C12H6BrF2N3O3/c1-21-12(20)8-9(19)10(16)18-11(17-8)4-2-3-5(13)7(15)6(4)14/h19H,1H3,(H2,16,17,18). The number of nitrogens with zero attached hydrogens (tertiary/aromatic N) is 2. The van der Waals surface area contributed by atoms with E-state index in [-0.39, 0.29) is 4.47 Å². The first-order valence-corrected chi connectivity index (χ1v) is 6.08. The second-order valence-electron chi connectivity index (χ2n) is 3.69. The molecule has 0 unspecified atom stereocenters. The lowest BCUT2D eigenvalue weighted by Gasteiger charge is -2.07. The van der Waals surface area contributed by atoms with E-state index in [2.05, 4.69) is 42.8 Å². The molecule has 0 amide bonds. The number of anilines is 1. The van der Waals surface area contributed by atoms with Crippen molar-refractivity contribution in [2.75, 3.05) is 12.8 Å². The van der Waals surface area contributed by atoms with E-state index in [9.17, 15) is 18.7 Å². The Hall–Kier alpha value is -2.47. The number of methoxy groups -OCH3 is 1. The van der Waals surface area contributed by atoms with Crippen molar-refractivity contribution in [3.63, 3.8) is 0 Å². The van der Waals surface area contributed by atoms with Crippen LogP contribution in [-0.4, -0.2) is 28.2 Å². The van der Waals surface area contributed by atoms with E-state index < -0.39 is 46.3 Å². The SMILES string of the molecule is COC(=O)c1nc(-c2c#cc(Br)c(F)c2F)nc(N)c1O. The van der Waals surface area contributed by atoms with Crippen molar-refractivity contribution in [2.24, 2.45) is 0 Å². The van der Waals surface area contributed by atoms with Gasteiger partial charge in [-0.05, 0) is 15.9 Å². The minimum Gasteiger partial charge on any atom is -0.503 e. The van der Waals surface area contributed by atoms with Crippen molar-refractivity contribution in [1.29, 1.82) is 0 Å². The van der Waals surface area contributed by atoms with Crippen LogP contribution in [0.3, 0.4) is 0 Å². The zero-order valence-corrected chi connectivity index (χ0v) is 12.0. The average molecular weight is 358 g/mol. The molecular weight excluding hydrogens is 352 g/mol. The molecule has 0 spiro atoms. The Labute approximate surface area is 125 Å². The van der Waals surface area contributed by atoms with Crippen LogP contribution in [0.25, 0.3) is 11.4 Å². The zero-order chi connectivity index (χ0) is 15.7. The quantitative estimate of drug-likeness (QED) is 0.796. The van der Waals surface area contributed by atoms with E-state index in [0.717, 1.165) is 7.11 Å². The van der Waals surface area contributed by atoms with Crippen LogP contribution in [0.5, 0.6) is 5.75 Å². The van der Waals surface area contributed by atoms with Gasteiger partial charge in [-0.15, -0.1) is 0 Å². The minimum absolute atomic E-state index is 0.260. The van der Waals surface area contributed by atoms with Crippen molar-refractivity contribution < 1.29 is 23.4 Å². The number of halogens is 3. The molecule has 3 N–H and O–H groups in total. The van der Waals surface area contributed by atoms with Crippen molar-refractivity contribution in [3.05, 3.63) is 33.9 Å². The number of rotatable bonds is 2. The van der Waals surface area contributed by atoms with Gasteiger partial charge in [0.2, 0.25) is 0 Å². The molecule has 1 aromatic carbocycles. The van der Waals surface area contributed by atoms with Crippen LogP contribution < -0.4 is 5.73 Å². The van der Waals surface area contributed by atoms with Crippen LogP contribution in [-0.2, 0) is 4.74 Å². The first-order chi connectivity index (χ1) is 9.86. The molecule has 0 fully saturated rings. The maximum absolute atomic E-state index is 13.8. The molecule has 0 bridgehead atoms. The van der Waals surface area contributed by atoms with Gasteiger partial charge in [0.25, 0.3) is 0 Å². The summed E-state index contributed by atoms with van der Waals surface area (Å²) in [5, 5.41) is 9.59. The van der Waals surface area contributed by atoms with Crippen molar-refractivity contribution in [3.8, 4) is 17.1 Å². The zero-order valence-electron chi connectivity index (χ0n) is 10.4. The molecule has 2 aromatic rings. The van der Waals surface area contributed by atoms with Crippen LogP contribution in [0.2, 0.25) is 0 Å². The smallest absolute Gasteiger partial charge is 0.360 e. The van der Waals surface area contributed by atoms with E-state index in [4.69, 9.17) is 5.73 Å². The summed E-state index contributed by atoms with van der Waals surface area (Å²) in [4.78, 5) is 18.7. The van der Waals surface area contributed by atoms with Gasteiger partial charge in [0.1, 0.15) is 10.0 Å². The molecule has 0 aliphatic heterocycles. The Balaban J connectivity index is 2.68. The van der Waals surface area contributed by atoms with Crippen molar-refractivity contribution in [2.45, 2.75) is 0 Å². The van der Waals surface area contributed by atoms with Gasteiger partial charge in [0.05, 0.1) is 7.11 Å². The summed E-state index contributed by atoms with van der Waals surface area (Å²) in [7, 11) is 1.06. The highest BCUT2D eigenvalue weighted by Crippen LogP contribution is 2.28. The summed E-state index contributed by atoms with van der Waals surface area (Å²) in [6.45, 7) is 0. The maximum atomic E-state index is 13.8. The van der Waals surface area contributed by atoms with Gasteiger partial charge in [0.15, 0.2) is 34.7 Å². The highest BCUT2D eigenvalue weighted by molar-refractivity contribution is 9.10. The highest BCUT2D eigenvalue weighted by Gasteiger charge is 2.22. The number of hydrogen-bond donors (Lipinski definition) is 2. The Morgan fingerprint density at radius 2 is 2.00 bits per heavy atom. The Morgan fingerprint density at radius 1 is 1.33 bits per heavy atom. The Morgan fingerprint density at radius 3 is 2.62 bits per heavy atom. The number of aromatic nitrogens is 2. The second kappa shape index (κ2) is 5.49. The maximum Gasteiger partial charge on any atom is 0.360 e. The number of nitrogen functional groups attached to an aromatic ring is 1. The number of carbonyl (C=O) groups excluding carboxylic acids is 1. The van der Waals surface area contributed by atoms with Gasteiger partial charge in [0, 0.05) is 0 Å². The van der Waals surface area contributed by atoms with Crippen LogP contribution in [0.15, 0.2) is 4.47 Å². The van der Waals surface area contributed by atoms with Crippen molar-refractivity contribution >= 4 is 27.7 Å². The molecule has 0 saturated heterocycles. The lowest BCUT2D eigenvalue weighted by atomic mass is 10.2. The monoisotopic (exact) mass is 357 g/mol. The molecule has 9 heteroatoms. The number of nitrogens with two attached hydrogens (primary N) is 1. The molecule has 2 rings (SSSR count). The third-order valence-corrected chi connectivity index (χ3v) is 2.96. The number of ether oxygens (including phenoxy) is 1. The number of aromatic hydroxyl groups is 1. The highest BCUT2D eigenvalue weighted by atomic mass is 79.9. The summed E-state index contributed by atoms with van der Waals surface area (Å²) >= 11 is 2.75. The molecule has 0 saturated carbocycles. The fourth-order valence-electron chi connectivity index (χ4n) is 1.41. The van der Waals surface area contributed by atoms with Gasteiger partial charge in [-0.25, -0.2) is 23.5 Å². The molecule has 1 heterocycles. The van der Waals surface area contributed by atoms with E-state index in [1.54, 1.807) is 0 Å². The van der Waals surface area contributed by atoms with Gasteiger partial charge >= 0.3 is 5.97 Å². The molecule has 6 nitrogen and oxygen atoms in total. The van der Waals surface area contributed by atoms with E-state index in [1.807, 2.05) is 0 Å². The van der Waals surface area contributed by atoms with Crippen LogP contribution in [0, 0.1) is 23.8 Å². The predicted octanol–water partition coefficient (Wildman–Crippen LogP) is 1.86.